The molecule has 0 bridgehead atoms. The summed E-state index contributed by atoms with van der Waals surface area (Å²) in [5.41, 5.74) is 2.69. The second kappa shape index (κ2) is 9.53. The molecule has 1 amide bonds. The number of carbonyl (C=O) groups excluding carboxylic acids is 1. The Morgan fingerprint density at radius 2 is 1.96 bits per heavy atom. The maximum absolute atomic E-state index is 12.7. The standard InChI is InChI=1S/C20H25ClN4OS/c1-14-6-8-15(9-7-14)17(25-10-4-3-5-11-25)13-22-19(26)18-16(21)12-23-20(24-18)27-2/h6-9,12,17H,3-5,10-11,13H2,1-2H3,(H,22,26)/t17-/m0/s1. The second-order valence-corrected chi connectivity index (χ2v) is 7.97. The highest BCUT2D eigenvalue weighted by molar-refractivity contribution is 7.98. The van der Waals surface area contributed by atoms with Gasteiger partial charge in [-0.05, 0) is 44.7 Å². The molecule has 2 heterocycles. The fourth-order valence-electron chi connectivity index (χ4n) is 3.36. The summed E-state index contributed by atoms with van der Waals surface area (Å²) in [5.74, 6) is -0.258. The van der Waals surface area contributed by atoms with Crippen LogP contribution in [0.1, 0.15) is 46.9 Å². The molecule has 0 radical (unpaired) electrons. The van der Waals surface area contributed by atoms with E-state index in [9.17, 15) is 4.79 Å². The van der Waals surface area contributed by atoms with Crippen LogP contribution >= 0.6 is 23.4 Å². The minimum absolute atomic E-state index is 0.149. The number of nitrogens with zero attached hydrogens (tertiary/aromatic N) is 3. The molecule has 5 nitrogen and oxygen atoms in total. The minimum atomic E-state index is -0.258. The number of aryl methyl sites for hydroxylation is 1. The van der Waals surface area contributed by atoms with Gasteiger partial charge in [0.1, 0.15) is 0 Å². The van der Waals surface area contributed by atoms with E-state index >= 15 is 0 Å². The summed E-state index contributed by atoms with van der Waals surface area (Å²) in [6.07, 6.45) is 7.03. The summed E-state index contributed by atoms with van der Waals surface area (Å²) in [4.78, 5) is 23.5. The molecule has 3 rings (SSSR count). The fraction of sp³-hybridized carbons (Fsp3) is 0.450. The van der Waals surface area contributed by atoms with E-state index in [1.165, 1.54) is 48.3 Å². The van der Waals surface area contributed by atoms with Crippen molar-refractivity contribution in [2.45, 2.75) is 37.4 Å². The third-order valence-corrected chi connectivity index (χ3v) is 5.71. The molecule has 0 spiro atoms. The summed E-state index contributed by atoms with van der Waals surface area (Å²) in [5, 5.41) is 3.85. The zero-order valence-electron chi connectivity index (χ0n) is 15.7. The number of thioether (sulfide) groups is 1. The van der Waals surface area contributed by atoms with Crippen molar-refractivity contribution in [3.05, 3.63) is 52.3 Å². The van der Waals surface area contributed by atoms with Gasteiger partial charge >= 0.3 is 0 Å². The molecule has 144 valence electrons. The van der Waals surface area contributed by atoms with Gasteiger partial charge in [0.2, 0.25) is 0 Å². The topological polar surface area (TPSA) is 58.1 Å². The fourth-order valence-corrected chi connectivity index (χ4v) is 3.88. The van der Waals surface area contributed by atoms with Gasteiger partial charge in [0.05, 0.1) is 17.3 Å². The van der Waals surface area contributed by atoms with Crippen molar-refractivity contribution in [2.75, 3.05) is 25.9 Å². The van der Waals surface area contributed by atoms with Crippen LogP contribution in [0.15, 0.2) is 35.6 Å². The molecule has 0 unspecified atom stereocenters. The van der Waals surface area contributed by atoms with Gasteiger partial charge in [0.15, 0.2) is 10.9 Å². The van der Waals surface area contributed by atoms with Crippen molar-refractivity contribution >= 4 is 29.3 Å². The number of hydrogen-bond acceptors (Lipinski definition) is 5. The molecule has 1 saturated heterocycles. The zero-order chi connectivity index (χ0) is 19.2. The Morgan fingerprint density at radius 3 is 2.63 bits per heavy atom. The SMILES string of the molecule is CSc1ncc(Cl)c(C(=O)NC[C@@H](c2ccc(C)cc2)N2CCCCC2)n1. The number of piperidine rings is 1. The number of aromatic nitrogens is 2. The van der Waals surface area contributed by atoms with Crippen LogP contribution in [0.4, 0.5) is 0 Å². The van der Waals surface area contributed by atoms with E-state index in [0.29, 0.717) is 11.7 Å². The molecule has 1 fully saturated rings. The maximum Gasteiger partial charge on any atom is 0.271 e. The minimum Gasteiger partial charge on any atom is -0.349 e. The number of likely N-dealkylation sites (tertiary alicyclic amines) is 1. The number of rotatable bonds is 6. The molecule has 0 aliphatic carbocycles. The number of halogens is 1. The molecule has 2 aromatic rings. The van der Waals surface area contributed by atoms with Crippen molar-refractivity contribution in [2.24, 2.45) is 0 Å². The van der Waals surface area contributed by atoms with Gasteiger partial charge in [-0.1, -0.05) is 59.6 Å². The van der Waals surface area contributed by atoms with Gasteiger partial charge < -0.3 is 5.32 Å². The van der Waals surface area contributed by atoms with Crippen LogP contribution in [0.25, 0.3) is 0 Å². The third kappa shape index (κ3) is 5.21. The van der Waals surface area contributed by atoms with Crippen molar-refractivity contribution in [3.8, 4) is 0 Å². The maximum atomic E-state index is 12.7. The van der Waals surface area contributed by atoms with E-state index in [1.807, 2.05) is 6.26 Å². The molecular weight excluding hydrogens is 380 g/mol. The molecule has 1 aliphatic heterocycles. The predicted octanol–water partition coefficient (Wildman–Crippen LogP) is 4.12. The number of hydrogen-bond donors (Lipinski definition) is 1. The largest absolute Gasteiger partial charge is 0.349 e. The number of amides is 1. The first kappa shape index (κ1) is 20.1. The summed E-state index contributed by atoms with van der Waals surface area (Å²) < 4.78 is 0. The van der Waals surface area contributed by atoms with Crippen LogP contribution in [-0.4, -0.2) is 46.7 Å². The summed E-state index contributed by atoms with van der Waals surface area (Å²) >= 11 is 7.53. The lowest BCUT2D eigenvalue weighted by atomic mass is 10.0. The lowest BCUT2D eigenvalue weighted by Crippen LogP contribution is -2.40. The molecule has 1 aliphatic rings. The first-order valence-electron chi connectivity index (χ1n) is 9.24. The number of benzene rings is 1. The van der Waals surface area contributed by atoms with Gasteiger partial charge in [0.25, 0.3) is 5.91 Å². The monoisotopic (exact) mass is 404 g/mol. The molecule has 1 aromatic heterocycles. The molecule has 7 heteroatoms. The van der Waals surface area contributed by atoms with Crippen LogP contribution in [0.3, 0.4) is 0 Å². The molecule has 1 atom stereocenters. The normalized spacial score (nSPS) is 16.1. The smallest absolute Gasteiger partial charge is 0.271 e. The lowest BCUT2D eigenvalue weighted by Gasteiger charge is -2.35. The van der Waals surface area contributed by atoms with Crippen molar-refractivity contribution in [1.82, 2.24) is 20.2 Å². The van der Waals surface area contributed by atoms with Crippen LogP contribution in [0, 0.1) is 6.92 Å². The van der Waals surface area contributed by atoms with Gasteiger partial charge in [-0.2, -0.15) is 0 Å². The quantitative estimate of drug-likeness (QED) is 0.579. The summed E-state index contributed by atoms with van der Waals surface area (Å²) in [7, 11) is 0. The van der Waals surface area contributed by atoms with Gasteiger partial charge in [-0.15, -0.1) is 0 Å². The highest BCUT2D eigenvalue weighted by atomic mass is 35.5. The highest BCUT2D eigenvalue weighted by Gasteiger charge is 2.24. The third-order valence-electron chi connectivity index (χ3n) is 4.87. The summed E-state index contributed by atoms with van der Waals surface area (Å²) in [6.45, 7) is 4.72. The van der Waals surface area contributed by atoms with E-state index in [2.05, 4.69) is 51.4 Å². The van der Waals surface area contributed by atoms with Gasteiger partial charge in [-0.25, -0.2) is 9.97 Å². The first-order chi connectivity index (χ1) is 13.1. The van der Waals surface area contributed by atoms with Gasteiger partial charge in [-0.3, -0.25) is 9.69 Å². The molecule has 1 aromatic carbocycles. The van der Waals surface area contributed by atoms with Crippen LogP contribution < -0.4 is 5.32 Å². The van der Waals surface area contributed by atoms with Gasteiger partial charge in [0, 0.05) is 6.54 Å². The van der Waals surface area contributed by atoms with Crippen molar-refractivity contribution < 1.29 is 4.79 Å². The Bertz CT molecular complexity index is 778. The van der Waals surface area contributed by atoms with Crippen LogP contribution in [0.2, 0.25) is 5.02 Å². The molecule has 27 heavy (non-hydrogen) atoms. The zero-order valence-corrected chi connectivity index (χ0v) is 17.3. The molecule has 1 N–H and O–H groups in total. The van der Waals surface area contributed by atoms with Crippen LogP contribution in [-0.2, 0) is 0 Å². The average molecular weight is 405 g/mol. The van der Waals surface area contributed by atoms with E-state index in [-0.39, 0.29) is 22.7 Å². The van der Waals surface area contributed by atoms with E-state index < -0.39 is 0 Å². The van der Waals surface area contributed by atoms with E-state index in [4.69, 9.17) is 11.6 Å². The Kier molecular flexibility index (Phi) is 7.10. The predicted molar refractivity (Wildman–Crippen MR) is 111 cm³/mol. The Hall–Kier alpha value is -1.63. The number of nitrogens with one attached hydrogen (secondary N) is 1. The van der Waals surface area contributed by atoms with E-state index in [0.717, 1.165) is 13.1 Å². The second-order valence-electron chi connectivity index (χ2n) is 6.79. The Labute approximate surface area is 169 Å². The number of carbonyl (C=O) groups is 1. The highest BCUT2D eigenvalue weighted by Crippen LogP contribution is 2.25. The Morgan fingerprint density at radius 1 is 1.26 bits per heavy atom. The molecular formula is C20H25ClN4OS. The van der Waals surface area contributed by atoms with Crippen molar-refractivity contribution in [3.63, 3.8) is 0 Å². The molecule has 0 saturated carbocycles. The average Bonchev–Trinajstić information content (AvgIpc) is 2.70. The first-order valence-corrected chi connectivity index (χ1v) is 10.8. The van der Waals surface area contributed by atoms with E-state index in [1.54, 1.807) is 0 Å². The Balaban J connectivity index is 1.76. The lowest BCUT2D eigenvalue weighted by molar-refractivity contribution is 0.0918. The van der Waals surface area contributed by atoms with Crippen LogP contribution in [0.5, 0.6) is 0 Å². The van der Waals surface area contributed by atoms with Crippen molar-refractivity contribution in [1.29, 1.82) is 0 Å². The summed E-state index contributed by atoms with van der Waals surface area (Å²) in [6, 6.07) is 8.71.